The van der Waals surface area contributed by atoms with Crippen molar-refractivity contribution >= 4 is 17.7 Å². The molecular formula is C17H24N2OS. The molecule has 3 atom stereocenters. The minimum atomic E-state index is -0.0248. The molecule has 2 aliphatic heterocycles. The predicted octanol–water partition coefficient (Wildman–Crippen LogP) is 3.10. The zero-order chi connectivity index (χ0) is 14.8. The standard InChI is InChI=1S/C17H24N2OS/c1-3-15-17(20)19(14-5-4-10-21-11-14)16(18-15)13-8-6-12(2)7-9-13/h6-9,14-16,18H,3-5,10-11H2,1-2H3. The first-order chi connectivity index (χ1) is 10.2. The second-order valence-electron chi connectivity index (χ2n) is 6.06. The number of carbonyl (C=O) groups is 1. The van der Waals surface area contributed by atoms with Crippen molar-refractivity contribution in [1.82, 2.24) is 10.2 Å². The summed E-state index contributed by atoms with van der Waals surface area (Å²) < 4.78 is 0. The lowest BCUT2D eigenvalue weighted by atomic mass is 10.1. The fourth-order valence-electron chi connectivity index (χ4n) is 3.28. The molecule has 1 N–H and O–H groups in total. The molecule has 1 aromatic carbocycles. The Balaban J connectivity index is 1.88. The van der Waals surface area contributed by atoms with Crippen LogP contribution in [0.15, 0.2) is 24.3 Å². The molecule has 0 aromatic heterocycles. The van der Waals surface area contributed by atoms with Crippen molar-refractivity contribution in [2.45, 2.75) is 51.4 Å². The van der Waals surface area contributed by atoms with Crippen LogP contribution in [0.25, 0.3) is 0 Å². The molecule has 3 rings (SSSR count). The Hall–Kier alpha value is -1.00. The second kappa shape index (κ2) is 6.41. The Kier molecular flexibility index (Phi) is 4.55. The predicted molar refractivity (Wildman–Crippen MR) is 88.3 cm³/mol. The van der Waals surface area contributed by atoms with E-state index in [1.165, 1.54) is 23.3 Å². The van der Waals surface area contributed by atoms with Gasteiger partial charge in [0.15, 0.2) is 0 Å². The summed E-state index contributed by atoms with van der Waals surface area (Å²) in [6.45, 7) is 4.18. The second-order valence-corrected chi connectivity index (χ2v) is 7.21. The highest BCUT2D eigenvalue weighted by atomic mass is 32.2. The van der Waals surface area contributed by atoms with E-state index in [4.69, 9.17) is 0 Å². The van der Waals surface area contributed by atoms with Crippen LogP contribution in [0.2, 0.25) is 0 Å². The van der Waals surface area contributed by atoms with Crippen LogP contribution >= 0.6 is 11.8 Å². The number of nitrogens with zero attached hydrogens (tertiary/aromatic N) is 1. The van der Waals surface area contributed by atoms with Crippen LogP contribution in [0.3, 0.4) is 0 Å². The lowest BCUT2D eigenvalue weighted by Crippen LogP contribution is -2.43. The Morgan fingerprint density at radius 2 is 2.10 bits per heavy atom. The van der Waals surface area contributed by atoms with Crippen molar-refractivity contribution in [1.29, 1.82) is 0 Å². The van der Waals surface area contributed by atoms with Crippen molar-refractivity contribution < 1.29 is 4.79 Å². The molecule has 3 unspecified atom stereocenters. The Labute approximate surface area is 131 Å². The molecule has 3 nitrogen and oxygen atoms in total. The molecule has 2 saturated heterocycles. The monoisotopic (exact) mass is 304 g/mol. The number of aryl methyl sites for hydroxylation is 1. The van der Waals surface area contributed by atoms with Gasteiger partial charge in [0.25, 0.3) is 0 Å². The first-order valence-electron chi connectivity index (χ1n) is 7.93. The van der Waals surface area contributed by atoms with Gasteiger partial charge in [-0.25, -0.2) is 0 Å². The third kappa shape index (κ3) is 2.97. The highest BCUT2D eigenvalue weighted by Gasteiger charge is 2.42. The minimum absolute atomic E-state index is 0.0248. The number of thioether (sulfide) groups is 1. The van der Waals surface area contributed by atoms with E-state index in [9.17, 15) is 4.79 Å². The van der Waals surface area contributed by atoms with Gasteiger partial charge in [0.05, 0.1) is 6.04 Å². The molecule has 0 saturated carbocycles. The molecule has 114 valence electrons. The molecular weight excluding hydrogens is 280 g/mol. The largest absolute Gasteiger partial charge is 0.318 e. The van der Waals surface area contributed by atoms with Gasteiger partial charge >= 0.3 is 0 Å². The Morgan fingerprint density at radius 1 is 1.33 bits per heavy atom. The number of hydrogen-bond donors (Lipinski definition) is 1. The van der Waals surface area contributed by atoms with Crippen molar-refractivity contribution in [3.05, 3.63) is 35.4 Å². The van der Waals surface area contributed by atoms with E-state index in [2.05, 4.69) is 48.3 Å². The number of hydrogen-bond acceptors (Lipinski definition) is 3. The smallest absolute Gasteiger partial charge is 0.241 e. The van der Waals surface area contributed by atoms with Gasteiger partial charge in [0.2, 0.25) is 5.91 Å². The van der Waals surface area contributed by atoms with E-state index < -0.39 is 0 Å². The van der Waals surface area contributed by atoms with E-state index >= 15 is 0 Å². The summed E-state index contributed by atoms with van der Waals surface area (Å²) in [5.74, 6) is 2.60. The van der Waals surface area contributed by atoms with Crippen LogP contribution in [-0.4, -0.2) is 34.4 Å². The van der Waals surface area contributed by atoms with E-state index in [1.807, 2.05) is 11.8 Å². The highest BCUT2D eigenvalue weighted by molar-refractivity contribution is 7.99. The molecule has 0 radical (unpaired) electrons. The summed E-state index contributed by atoms with van der Waals surface area (Å²) >= 11 is 1.98. The van der Waals surface area contributed by atoms with Gasteiger partial charge in [-0.2, -0.15) is 11.8 Å². The maximum absolute atomic E-state index is 12.7. The molecule has 21 heavy (non-hydrogen) atoms. The van der Waals surface area contributed by atoms with Gasteiger partial charge in [-0.05, 0) is 37.5 Å². The molecule has 2 fully saturated rings. The Bertz CT molecular complexity index is 496. The number of amides is 1. The first kappa shape index (κ1) is 14.9. The quantitative estimate of drug-likeness (QED) is 0.931. The zero-order valence-corrected chi connectivity index (χ0v) is 13.7. The van der Waals surface area contributed by atoms with Crippen LogP contribution in [0.4, 0.5) is 0 Å². The minimum Gasteiger partial charge on any atom is -0.318 e. The zero-order valence-electron chi connectivity index (χ0n) is 12.8. The third-order valence-electron chi connectivity index (χ3n) is 4.52. The van der Waals surface area contributed by atoms with Crippen LogP contribution < -0.4 is 5.32 Å². The fourth-order valence-corrected chi connectivity index (χ4v) is 4.42. The van der Waals surface area contributed by atoms with Gasteiger partial charge < -0.3 is 4.90 Å². The van der Waals surface area contributed by atoms with Gasteiger partial charge in [0.1, 0.15) is 6.17 Å². The average molecular weight is 304 g/mol. The van der Waals surface area contributed by atoms with Crippen LogP contribution in [0.1, 0.15) is 43.5 Å². The maximum Gasteiger partial charge on any atom is 0.241 e. The van der Waals surface area contributed by atoms with Crippen molar-refractivity contribution in [3.63, 3.8) is 0 Å². The molecule has 0 bridgehead atoms. The maximum atomic E-state index is 12.7. The third-order valence-corrected chi connectivity index (χ3v) is 5.72. The molecule has 1 aromatic rings. The van der Waals surface area contributed by atoms with E-state index in [-0.39, 0.29) is 18.1 Å². The fraction of sp³-hybridized carbons (Fsp3) is 0.588. The normalized spacial score (nSPS) is 29.9. The van der Waals surface area contributed by atoms with Gasteiger partial charge in [-0.1, -0.05) is 36.8 Å². The van der Waals surface area contributed by atoms with Gasteiger partial charge in [-0.3, -0.25) is 10.1 Å². The lowest BCUT2D eigenvalue weighted by molar-refractivity contribution is -0.132. The van der Waals surface area contributed by atoms with Crippen molar-refractivity contribution in [2.75, 3.05) is 11.5 Å². The summed E-state index contributed by atoms with van der Waals surface area (Å²) in [5, 5.41) is 3.54. The number of carbonyl (C=O) groups excluding carboxylic acids is 1. The van der Waals surface area contributed by atoms with Gasteiger partial charge in [-0.15, -0.1) is 0 Å². The molecule has 2 aliphatic rings. The van der Waals surface area contributed by atoms with E-state index in [0.29, 0.717) is 6.04 Å². The van der Waals surface area contributed by atoms with Crippen LogP contribution in [0.5, 0.6) is 0 Å². The van der Waals surface area contributed by atoms with Gasteiger partial charge in [0, 0.05) is 11.8 Å². The average Bonchev–Trinajstić information content (AvgIpc) is 2.85. The molecule has 0 spiro atoms. The summed E-state index contributed by atoms with van der Waals surface area (Å²) in [4.78, 5) is 14.9. The summed E-state index contributed by atoms with van der Waals surface area (Å²) in [6.07, 6.45) is 3.26. The number of nitrogens with one attached hydrogen (secondary N) is 1. The van der Waals surface area contributed by atoms with Crippen molar-refractivity contribution in [3.8, 4) is 0 Å². The first-order valence-corrected chi connectivity index (χ1v) is 9.08. The summed E-state index contributed by atoms with van der Waals surface area (Å²) in [7, 11) is 0. The van der Waals surface area contributed by atoms with Crippen LogP contribution in [0, 0.1) is 6.92 Å². The number of benzene rings is 1. The SMILES string of the molecule is CCC1NC(c2ccc(C)cc2)N(C2CCCSC2)C1=O. The number of rotatable bonds is 3. The molecule has 2 heterocycles. The lowest BCUT2D eigenvalue weighted by Gasteiger charge is -2.35. The molecule has 1 amide bonds. The Morgan fingerprint density at radius 3 is 2.71 bits per heavy atom. The molecule has 0 aliphatic carbocycles. The van der Waals surface area contributed by atoms with E-state index in [0.717, 1.165) is 18.6 Å². The van der Waals surface area contributed by atoms with E-state index in [1.54, 1.807) is 0 Å². The topological polar surface area (TPSA) is 32.3 Å². The summed E-state index contributed by atoms with van der Waals surface area (Å²) in [5.41, 5.74) is 2.47. The van der Waals surface area contributed by atoms with Crippen LogP contribution in [-0.2, 0) is 4.79 Å². The molecule has 4 heteroatoms. The summed E-state index contributed by atoms with van der Waals surface area (Å²) in [6, 6.07) is 8.93. The van der Waals surface area contributed by atoms with Crippen molar-refractivity contribution in [2.24, 2.45) is 0 Å². The highest BCUT2D eigenvalue weighted by Crippen LogP contribution is 2.33.